The topological polar surface area (TPSA) is 53.6 Å². The Hall–Kier alpha value is -0.650. The summed E-state index contributed by atoms with van der Waals surface area (Å²) in [6.07, 6.45) is 1.92. The van der Waals surface area contributed by atoms with Gasteiger partial charge in [0, 0.05) is 20.3 Å². The molecule has 0 aromatic carbocycles. The van der Waals surface area contributed by atoms with E-state index in [1.54, 1.807) is 7.11 Å². The minimum absolute atomic E-state index is 0.0659. The van der Waals surface area contributed by atoms with Crippen molar-refractivity contribution in [3.05, 3.63) is 0 Å². The lowest BCUT2D eigenvalue weighted by molar-refractivity contribution is -0.120. The van der Waals surface area contributed by atoms with E-state index in [-0.39, 0.29) is 5.91 Å². The first-order valence-corrected chi connectivity index (χ1v) is 5.78. The van der Waals surface area contributed by atoms with E-state index in [1.165, 1.54) is 0 Å². The van der Waals surface area contributed by atoms with Gasteiger partial charge in [-0.1, -0.05) is 0 Å². The average molecular weight is 231 g/mol. The lowest BCUT2D eigenvalue weighted by atomic mass is 10.4. The van der Waals surface area contributed by atoms with Gasteiger partial charge in [0.05, 0.1) is 6.54 Å². The van der Waals surface area contributed by atoms with Gasteiger partial charge in [0.1, 0.15) is 0 Å². The molecule has 96 valence electrons. The van der Waals surface area contributed by atoms with E-state index in [1.807, 2.05) is 14.1 Å². The van der Waals surface area contributed by atoms with Crippen LogP contribution in [0.2, 0.25) is 0 Å². The molecule has 1 amide bonds. The van der Waals surface area contributed by atoms with Crippen molar-refractivity contribution in [2.24, 2.45) is 0 Å². The highest BCUT2D eigenvalue weighted by molar-refractivity contribution is 5.77. The maximum atomic E-state index is 11.3. The summed E-state index contributed by atoms with van der Waals surface area (Å²) in [5.74, 6) is 0.0659. The highest BCUT2D eigenvalue weighted by atomic mass is 16.5. The van der Waals surface area contributed by atoms with E-state index in [2.05, 4.69) is 15.5 Å². The predicted molar refractivity (Wildman–Crippen MR) is 65.5 cm³/mol. The number of methoxy groups -OCH3 is 1. The molecule has 2 N–H and O–H groups in total. The first kappa shape index (κ1) is 15.3. The van der Waals surface area contributed by atoms with Gasteiger partial charge in [-0.05, 0) is 40.0 Å². The number of ether oxygens (including phenoxy) is 1. The summed E-state index contributed by atoms with van der Waals surface area (Å²) in [5.41, 5.74) is 0. The van der Waals surface area contributed by atoms with Crippen LogP contribution >= 0.6 is 0 Å². The SMILES string of the molecule is COCCCNCC(=O)NCCCN(C)C. The molecule has 0 aromatic rings. The van der Waals surface area contributed by atoms with Gasteiger partial charge < -0.3 is 20.3 Å². The molecule has 0 aliphatic heterocycles. The quantitative estimate of drug-likeness (QED) is 0.506. The Bertz CT molecular complexity index is 175. The zero-order valence-electron chi connectivity index (χ0n) is 10.7. The van der Waals surface area contributed by atoms with Crippen LogP contribution in [0.15, 0.2) is 0 Å². The van der Waals surface area contributed by atoms with E-state index in [4.69, 9.17) is 4.74 Å². The molecule has 0 bridgehead atoms. The summed E-state index contributed by atoms with van der Waals surface area (Å²) < 4.78 is 4.91. The maximum absolute atomic E-state index is 11.3. The lowest BCUT2D eigenvalue weighted by Gasteiger charge is -2.10. The van der Waals surface area contributed by atoms with Crippen LogP contribution in [0.1, 0.15) is 12.8 Å². The van der Waals surface area contributed by atoms with Crippen molar-refractivity contribution in [1.29, 1.82) is 0 Å². The fraction of sp³-hybridized carbons (Fsp3) is 0.909. The zero-order chi connectivity index (χ0) is 12.2. The van der Waals surface area contributed by atoms with E-state index >= 15 is 0 Å². The van der Waals surface area contributed by atoms with E-state index in [0.29, 0.717) is 6.54 Å². The second kappa shape index (κ2) is 10.9. The summed E-state index contributed by atoms with van der Waals surface area (Å²) in [5, 5.41) is 5.94. The number of rotatable bonds is 10. The molecule has 0 saturated heterocycles. The van der Waals surface area contributed by atoms with Crippen molar-refractivity contribution in [2.45, 2.75) is 12.8 Å². The van der Waals surface area contributed by atoms with Gasteiger partial charge in [-0.2, -0.15) is 0 Å². The van der Waals surface area contributed by atoms with Crippen molar-refractivity contribution in [1.82, 2.24) is 15.5 Å². The molecule has 5 heteroatoms. The second-order valence-corrected chi connectivity index (χ2v) is 4.03. The molecule has 0 saturated carbocycles. The first-order chi connectivity index (χ1) is 7.66. The fourth-order valence-corrected chi connectivity index (χ4v) is 1.23. The minimum atomic E-state index is 0.0659. The van der Waals surface area contributed by atoms with Crippen LogP contribution in [0.3, 0.4) is 0 Å². The predicted octanol–water partition coefficient (Wildman–Crippen LogP) is -0.320. The van der Waals surface area contributed by atoms with Crippen molar-refractivity contribution in [2.75, 3.05) is 54.0 Å². The number of nitrogens with zero attached hydrogens (tertiary/aromatic N) is 1. The number of carbonyl (C=O) groups excluding carboxylic acids is 1. The molecular weight excluding hydrogens is 206 g/mol. The summed E-state index contributed by atoms with van der Waals surface area (Å²) in [6.45, 7) is 3.69. The van der Waals surface area contributed by atoms with Gasteiger partial charge in [0.25, 0.3) is 0 Å². The third-order valence-corrected chi connectivity index (χ3v) is 2.09. The Morgan fingerprint density at radius 1 is 1.25 bits per heavy atom. The minimum Gasteiger partial charge on any atom is -0.385 e. The number of amides is 1. The first-order valence-electron chi connectivity index (χ1n) is 5.78. The monoisotopic (exact) mass is 231 g/mol. The van der Waals surface area contributed by atoms with Crippen LogP contribution in [0.25, 0.3) is 0 Å². The number of hydrogen-bond acceptors (Lipinski definition) is 4. The van der Waals surface area contributed by atoms with Crippen LogP contribution in [0.4, 0.5) is 0 Å². The molecule has 0 radical (unpaired) electrons. The van der Waals surface area contributed by atoms with Crippen LogP contribution in [0, 0.1) is 0 Å². The maximum Gasteiger partial charge on any atom is 0.233 e. The Labute approximate surface area is 98.5 Å². The summed E-state index contributed by atoms with van der Waals surface area (Å²) in [7, 11) is 5.73. The molecule has 0 aliphatic carbocycles. The second-order valence-electron chi connectivity index (χ2n) is 4.03. The van der Waals surface area contributed by atoms with Crippen LogP contribution in [-0.4, -0.2) is 64.8 Å². The van der Waals surface area contributed by atoms with Crippen molar-refractivity contribution in [3.8, 4) is 0 Å². The third kappa shape index (κ3) is 11.4. The molecule has 0 fully saturated rings. The molecule has 0 heterocycles. The smallest absolute Gasteiger partial charge is 0.233 e. The molecule has 0 aromatic heterocycles. The van der Waals surface area contributed by atoms with E-state index < -0.39 is 0 Å². The van der Waals surface area contributed by atoms with E-state index in [9.17, 15) is 4.79 Å². The largest absolute Gasteiger partial charge is 0.385 e. The Balaban J connectivity index is 3.18. The molecule has 0 atom stereocenters. The third-order valence-electron chi connectivity index (χ3n) is 2.09. The summed E-state index contributed by atoms with van der Waals surface area (Å²) in [4.78, 5) is 13.4. The highest BCUT2D eigenvalue weighted by Crippen LogP contribution is 1.81. The highest BCUT2D eigenvalue weighted by Gasteiger charge is 1.99. The van der Waals surface area contributed by atoms with Gasteiger partial charge in [0.2, 0.25) is 5.91 Å². The molecule has 0 spiro atoms. The average Bonchev–Trinajstić information content (AvgIpc) is 2.24. The number of carbonyl (C=O) groups is 1. The molecule has 0 aliphatic rings. The van der Waals surface area contributed by atoms with Gasteiger partial charge in [0.15, 0.2) is 0 Å². The van der Waals surface area contributed by atoms with Crippen LogP contribution in [0.5, 0.6) is 0 Å². The van der Waals surface area contributed by atoms with Gasteiger partial charge in [-0.15, -0.1) is 0 Å². The zero-order valence-corrected chi connectivity index (χ0v) is 10.7. The standard InChI is InChI=1S/C11H25N3O2/c1-14(2)8-4-7-13-11(15)10-12-6-5-9-16-3/h12H,4-10H2,1-3H3,(H,13,15). The van der Waals surface area contributed by atoms with Crippen LogP contribution < -0.4 is 10.6 Å². The molecule has 0 unspecified atom stereocenters. The molecule has 16 heavy (non-hydrogen) atoms. The van der Waals surface area contributed by atoms with Crippen molar-refractivity contribution in [3.63, 3.8) is 0 Å². The molecule has 5 nitrogen and oxygen atoms in total. The molecule has 0 rings (SSSR count). The van der Waals surface area contributed by atoms with Gasteiger partial charge in [-0.25, -0.2) is 0 Å². The number of nitrogens with one attached hydrogen (secondary N) is 2. The van der Waals surface area contributed by atoms with Gasteiger partial charge in [-0.3, -0.25) is 4.79 Å². The van der Waals surface area contributed by atoms with Crippen LogP contribution in [-0.2, 0) is 9.53 Å². The lowest BCUT2D eigenvalue weighted by Crippen LogP contribution is -2.35. The number of hydrogen-bond donors (Lipinski definition) is 2. The Morgan fingerprint density at radius 3 is 2.62 bits per heavy atom. The molecular formula is C11H25N3O2. The van der Waals surface area contributed by atoms with Crippen molar-refractivity contribution < 1.29 is 9.53 Å². The summed E-state index contributed by atoms with van der Waals surface area (Å²) >= 11 is 0. The normalized spacial score (nSPS) is 10.8. The van der Waals surface area contributed by atoms with Crippen molar-refractivity contribution >= 4 is 5.91 Å². The Morgan fingerprint density at radius 2 is 2.00 bits per heavy atom. The van der Waals surface area contributed by atoms with E-state index in [0.717, 1.165) is 39.1 Å². The van der Waals surface area contributed by atoms with Gasteiger partial charge >= 0.3 is 0 Å². The fourth-order valence-electron chi connectivity index (χ4n) is 1.23. The summed E-state index contributed by atoms with van der Waals surface area (Å²) in [6, 6.07) is 0. The Kier molecular flexibility index (Phi) is 10.4.